The molecule has 0 atom stereocenters. The van der Waals surface area contributed by atoms with E-state index in [0.29, 0.717) is 13.2 Å². The highest BCUT2D eigenvalue weighted by Gasteiger charge is 2.29. The minimum Gasteiger partial charge on any atom is -0.465 e. The molecule has 0 saturated heterocycles. The number of carbonyl (C=O) groups is 2. The van der Waals surface area contributed by atoms with Crippen molar-refractivity contribution >= 4 is 11.9 Å². The van der Waals surface area contributed by atoms with Crippen molar-refractivity contribution in [2.24, 2.45) is 10.8 Å². The molecule has 0 aliphatic carbocycles. The Morgan fingerprint density at radius 1 is 0.500 bits per heavy atom. The van der Waals surface area contributed by atoms with Gasteiger partial charge in [-0.1, -0.05) is 129 Å². The lowest BCUT2D eigenvalue weighted by Crippen LogP contribution is -2.27. The Bertz CT molecular complexity index is 696. The molecule has 0 aromatic rings. The molecule has 0 bridgehead atoms. The minimum absolute atomic E-state index is 0.0415. The first-order valence-corrected chi connectivity index (χ1v) is 20.6. The third-order valence-corrected chi connectivity index (χ3v) is 9.83. The van der Waals surface area contributed by atoms with Crippen molar-refractivity contribution in [1.29, 1.82) is 0 Å². The van der Waals surface area contributed by atoms with Crippen LogP contribution < -0.4 is 0 Å². The zero-order valence-corrected chi connectivity index (χ0v) is 33.6. The van der Waals surface area contributed by atoms with E-state index in [1.165, 1.54) is 64.2 Å². The molecule has 6 nitrogen and oxygen atoms in total. The van der Waals surface area contributed by atoms with Crippen LogP contribution in [0.3, 0.4) is 0 Å². The molecule has 0 amide bonds. The maximum absolute atomic E-state index is 12.7. The van der Waals surface area contributed by atoms with Gasteiger partial charge >= 0.3 is 11.9 Å². The van der Waals surface area contributed by atoms with Crippen molar-refractivity contribution in [1.82, 2.24) is 4.90 Å². The van der Waals surface area contributed by atoms with E-state index in [9.17, 15) is 9.59 Å². The minimum atomic E-state index is -0.419. The predicted molar refractivity (Wildman–Crippen MR) is 205 cm³/mol. The Balaban J connectivity index is 4.34. The average molecular weight is 682 g/mol. The number of rotatable bonds is 35. The second-order valence-corrected chi connectivity index (χ2v) is 16.1. The molecule has 0 heterocycles. The van der Waals surface area contributed by atoms with Crippen LogP contribution in [0.15, 0.2) is 0 Å². The quantitative estimate of drug-likeness (QED) is 0.0490. The third kappa shape index (κ3) is 27.7. The van der Waals surface area contributed by atoms with Crippen LogP contribution in [0.1, 0.15) is 202 Å². The zero-order chi connectivity index (χ0) is 35.9. The van der Waals surface area contributed by atoms with Crippen LogP contribution in [0.2, 0.25) is 0 Å². The monoisotopic (exact) mass is 682 g/mol. The molecule has 286 valence electrons. The van der Waals surface area contributed by atoms with E-state index in [1.54, 1.807) is 0 Å². The molecule has 0 N–H and O–H groups in total. The van der Waals surface area contributed by atoms with Crippen molar-refractivity contribution in [3.8, 4) is 0 Å². The van der Waals surface area contributed by atoms with E-state index in [2.05, 4.69) is 32.8 Å². The summed E-state index contributed by atoms with van der Waals surface area (Å²) >= 11 is 0. The van der Waals surface area contributed by atoms with Crippen LogP contribution in [0, 0.1) is 10.8 Å². The Morgan fingerprint density at radius 2 is 0.875 bits per heavy atom. The molecule has 0 aromatic carbocycles. The predicted octanol–water partition coefficient (Wildman–Crippen LogP) is 11.9. The van der Waals surface area contributed by atoms with Gasteiger partial charge in [0.2, 0.25) is 0 Å². The highest BCUT2D eigenvalue weighted by molar-refractivity contribution is 5.76. The maximum Gasteiger partial charge on any atom is 0.311 e. The van der Waals surface area contributed by atoms with Crippen molar-refractivity contribution in [2.45, 2.75) is 208 Å². The number of hydrogen-bond acceptors (Lipinski definition) is 6. The second kappa shape index (κ2) is 30.7. The van der Waals surface area contributed by atoms with Gasteiger partial charge in [-0.2, -0.15) is 0 Å². The number of unbranched alkanes of at least 4 members (excludes halogenated alkanes) is 16. The van der Waals surface area contributed by atoms with Gasteiger partial charge in [0.15, 0.2) is 0 Å². The topological polar surface area (TPSA) is 65.1 Å². The van der Waals surface area contributed by atoms with E-state index in [0.717, 1.165) is 109 Å². The maximum atomic E-state index is 12.7. The summed E-state index contributed by atoms with van der Waals surface area (Å²) in [6.45, 7) is 15.6. The van der Waals surface area contributed by atoms with Crippen molar-refractivity contribution in [2.75, 3.05) is 40.5 Å². The standard InChI is InChI=1S/C42H83NO5/c1-9-11-13-15-17-19-27-35-47-39(44)41(3,4)32-25-21-23-30-38(46-37-29-34-43(7)8)31-24-22-26-33-42(5,6)40(45)48-36-28-20-18-16-14-12-10-2/h38H,9-37H2,1-8H3. The number of nitrogens with zero attached hydrogens (tertiary/aromatic N) is 1. The first-order chi connectivity index (χ1) is 23.0. The normalized spacial score (nSPS) is 12.3. The number of hydrogen-bond donors (Lipinski definition) is 0. The summed E-state index contributed by atoms with van der Waals surface area (Å²) in [6.07, 6.45) is 29.0. The van der Waals surface area contributed by atoms with Crippen molar-refractivity contribution in [3.63, 3.8) is 0 Å². The lowest BCUT2D eigenvalue weighted by atomic mass is 9.86. The number of ether oxygens (including phenoxy) is 3. The molecule has 0 unspecified atom stereocenters. The highest BCUT2D eigenvalue weighted by atomic mass is 16.5. The Hall–Kier alpha value is -1.14. The largest absolute Gasteiger partial charge is 0.465 e. The summed E-state index contributed by atoms with van der Waals surface area (Å²) in [6, 6.07) is 0. The van der Waals surface area contributed by atoms with Gasteiger partial charge in [0.25, 0.3) is 0 Å². The smallest absolute Gasteiger partial charge is 0.311 e. The average Bonchev–Trinajstić information content (AvgIpc) is 3.04. The van der Waals surface area contributed by atoms with Crippen LogP contribution in [-0.2, 0) is 23.8 Å². The van der Waals surface area contributed by atoms with E-state index in [4.69, 9.17) is 14.2 Å². The van der Waals surface area contributed by atoms with Crippen LogP contribution in [0.4, 0.5) is 0 Å². The van der Waals surface area contributed by atoms with E-state index in [1.807, 2.05) is 27.7 Å². The van der Waals surface area contributed by atoms with Gasteiger partial charge in [-0.05, 0) is 93.3 Å². The molecule has 0 aliphatic heterocycles. The summed E-state index contributed by atoms with van der Waals surface area (Å²) in [5.41, 5.74) is -0.839. The fourth-order valence-corrected chi connectivity index (χ4v) is 6.22. The molecular weight excluding hydrogens is 598 g/mol. The van der Waals surface area contributed by atoms with Gasteiger partial charge in [-0.15, -0.1) is 0 Å². The van der Waals surface area contributed by atoms with Gasteiger partial charge in [0.1, 0.15) is 0 Å². The number of carbonyl (C=O) groups excluding carboxylic acids is 2. The first kappa shape index (κ1) is 46.9. The SMILES string of the molecule is CCCCCCCCCOC(=O)C(C)(C)CCCCCC(CCCCCC(C)(C)C(=O)OCCCCCCCCC)OCCCN(C)C. The fraction of sp³-hybridized carbons (Fsp3) is 0.952. The lowest BCUT2D eigenvalue weighted by molar-refractivity contribution is -0.155. The van der Waals surface area contributed by atoms with Gasteiger partial charge in [-0.25, -0.2) is 0 Å². The van der Waals surface area contributed by atoms with Gasteiger partial charge < -0.3 is 19.1 Å². The third-order valence-electron chi connectivity index (χ3n) is 9.83. The molecule has 48 heavy (non-hydrogen) atoms. The van der Waals surface area contributed by atoms with E-state index in [-0.39, 0.29) is 18.0 Å². The molecule has 0 aromatic heterocycles. The van der Waals surface area contributed by atoms with E-state index < -0.39 is 10.8 Å². The summed E-state index contributed by atoms with van der Waals surface area (Å²) in [7, 11) is 4.22. The van der Waals surface area contributed by atoms with Crippen molar-refractivity contribution in [3.05, 3.63) is 0 Å². The van der Waals surface area contributed by atoms with Gasteiger partial charge in [-0.3, -0.25) is 9.59 Å². The van der Waals surface area contributed by atoms with Crippen LogP contribution in [0.5, 0.6) is 0 Å². The summed E-state index contributed by atoms with van der Waals surface area (Å²) in [5.74, 6) is -0.0830. The van der Waals surface area contributed by atoms with Gasteiger partial charge in [0, 0.05) is 6.61 Å². The van der Waals surface area contributed by atoms with Crippen molar-refractivity contribution < 1.29 is 23.8 Å². The Kier molecular flexibility index (Phi) is 29.9. The van der Waals surface area contributed by atoms with Crippen LogP contribution in [-0.4, -0.2) is 63.4 Å². The molecule has 6 heteroatoms. The lowest BCUT2D eigenvalue weighted by Gasteiger charge is -2.23. The summed E-state index contributed by atoms with van der Waals surface area (Å²) in [4.78, 5) is 27.6. The van der Waals surface area contributed by atoms with Crippen LogP contribution >= 0.6 is 0 Å². The highest BCUT2D eigenvalue weighted by Crippen LogP contribution is 2.28. The molecule has 0 rings (SSSR count). The molecule has 0 spiro atoms. The molecule has 0 radical (unpaired) electrons. The molecule has 0 saturated carbocycles. The first-order valence-electron chi connectivity index (χ1n) is 20.6. The fourth-order valence-electron chi connectivity index (χ4n) is 6.22. The Morgan fingerprint density at radius 3 is 1.27 bits per heavy atom. The van der Waals surface area contributed by atoms with Gasteiger partial charge in [0.05, 0.1) is 30.1 Å². The number of esters is 2. The second-order valence-electron chi connectivity index (χ2n) is 16.1. The molecule has 0 fully saturated rings. The molecule has 0 aliphatic rings. The molecular formula is C42H83NO5. The van der Waals surface area contributed by atoms with Crippen LogP contribution in [0.25, 0.3) is 0 Å². The summed E-state index contributed by atoms with van der Waals surface area (Å²) < 4.78 is 17.7. The summed E-state index contributed by atoms with van der Waals surface area (Å²) in [5, 5.41) is 0. The Labute approximate surface area is 299 Å². The van der Waals surface area contributed by atoms with E-state index >= 15 is 0 Å². The zero-order valence-electron chi connectivity index (χ0n) is 33.6.